The molecule has 8 nitrogen and oxygen atoms in total. The molecule has 250 valence electrons. The Kier molecular flexibility index (Phi) is 10.6. The molecule has 2 aromatic rings. The summed E-state index contributed by atoms with van der Waals surface area (Å²) in [5.41, 5.74) is -1.05. The standard InChI is InChI=1S/C28H35F4N3O3.C2HF3O2/c1-26(2,3)35-14-13-27(17-9-10-21(37-4)22(15-17)38-5)12-11-18(16-23(27)35)33-25(36)34-20-8-6-7-19(24(20)29)28(30,31)32;3-2(4,5)1(6)7/h6-10,15,18,23H,11-14,16H2,1-5H3,(H2,33,34,36);(H,6,7). The lowest BCUT2D eigenvalue weighted by molar-refractivity contribution is -0.192. The van der Waals surface area contributed by atoms with Crippen LogP contribution in [0.15, 0.2) is 36.4 Å². The number of carboxylic acid groups (broad SMARTS) is 1. The summed E-state index contributed by atoms with van der Waals surface area (Å²) in [6.07, 6.45) is -6.89. The number of fused-ring (bicyclic) bond motifs is 1. The highest BCUT2D eigenvalue weighted by Gasteiger charge is 2.54. The lowest BCUT2D eigenvalue weighted by Gasteiger charge is -2.48. The van der Waals surface area contributed by atoms with Crippen molar-refractivity contribution < 1.29 is 54.9 Å². The number of rotatable bonds is 5. The Morgan fingerprint density at radius 3 is 2.13 bits per heavy atom. The van der Waals surface area contributed by atoms with Gasteiger partial charge in [-0.3, -0.25) is 4.90 Å². The number of amides is 2. The number of aliphatic carboxylic acids is 1. The number of carboxylic acids is 1. The van der Waals surface area contributed by atoms with Gasteiger partial charge < -0.3 is 25.2 Å². The molecule has 0 bridgehead atoms. The molecule has 3 N–H and O–H groups in total. The number of anilines is 1. The first kappa shape index (κ1) is 35.7. The van der Waals surface area contributed by atoms with Crippen LogP contribution in [0.2, 0.25) is 0 Å². The van der Waals surface area contributed by atoms with E-state index in [9.17, 15) is 35.5 Å². The maximum Gasteiger partial charge on any atom is 0.490 e. The molecule has 4 rings (SSSR count). The second kappa shape index (κ2) is 13.3. The van der Waals surface area contributed by atoms with E-state index in [2.05, 4.69) is 42.4 Å². The van der Waals surface area contributed by atoms with Crippen LogP contribution in [0.5, 0.6) is 11.5 Å². The zero-order chi connectivity index (χ0) is 34.0. The lowest BCUT2D eigenvalue weighted by atomic mass is 9.64. The number of carbonyl (C=O) groups is 2. The monoisotopic (exact) mass is 651 g/mol. The van der Waals surface area contributed by atoms with Gasteiger partial charge in [-0.1, -0.05) is 12.1 Å². The number of benzene rings is 2. The molecular weight excluding hydrogens is 615 g/mol. The molecule has 3 unspecified atom stereocenters. The number of hydrogen-bond acceptors (Lipinski definition) is 5. The molecule has 15 heteroatoms. The molecule has 0 radical (unpaired) electrons. The van der Waals surface area contributed by atoms with Crippen LogP contribution < -0.4 is 20.1 Å². The summed E-state index contributed by atoms with van der Waals surface area (Å²) in [5.74, 6) is -2.94. The van der Waals surface area contributed by atoms with Crippen molar-refractivity contribution >= 4 is 17.7 Å². The third-order valence-electron chi connectivity index (χ3n) is 8.21. The Hall–Kier alpha value is -3.75. The second-order valence-electron chi connectivity index (χ2n) is 11.9. The van der Waals surface area contributed by atoms with Crippen molar-refractivity contribution in [1.29, 1.82) is 0 Å². The number of methoxy groups -OCH3 is 2. The Labute approximate surface area is 255 Å². The highest BCUT2D eigenvalue weighted by atomic mass is 19.4. The average Bonchev–Trinajstić information content (AvgIpc) is 3.33. The molecule has 1 aliphatic heterocycles. The quantitative estimate of drug-likeness (QED) is 0.302. The summed E-state index contributed by atoms with van der Waals surface area (Å²) in [6.45, 7) is 7.38. The largest absolute Gasteiger partial charge is 0.493 e. The number of likely N-dealkylation sites (tertiary alicyclic amines) is 1. The van der Waals surface area contributed by atoms with Crippen molar-refractivity contribution in [3.63, 3.8) is 0 Å². The van der Waals surface area contributed by atoms with Crippen LogP contribution in [0.25, 0.3) is 0 Å². The summed E-state index contributed by atoms with van der Waals surface area (Å²) in [4.78, 5) is 24.1. The van der Waals surface area contributed by atoms with Gasteiger partial charge in [0.15, 0.2) is 17.3 Å². The average molecular weight is 652 g/mol. The number of urea groups is 1. The third kappa shape index (κ3) is 8.10. The maximum absolute atomic E-state index is 14.4. The van der Waals surface area contributed by atoms with Gasteiger partial charge in [0.05, 0.1) is 25.5 Å². The Morgan fingerprint density at radius 2 is 1.60 bits per heavy atom. The molecule has 2 aromatic carbocycles. The predicted octanol–water partition coefficient (Wildman–Crippen LogP) is 6.98. The van der Waals surface area contributed by atoms with Crippen LogP contribution in [-0.2, 0) is 16.4 Å². The van der Waals surface area contributed by atoms with Crippen molar-refractivity contribution in [1.82, 2.24) is 10.2 Å². The molecule has 3 atom stereocenters. The van der Waals surface area contributed by atoms with Gasteiger partial charge in [-0.25, -0.2) is 14.0 Å². The van der Waals surface area contributed by atoms with Crippen LogP contribution in [-0.4, -0.2) is 66.6 Å². The molecule has 45 heavy (non-hydrogen) atoms. The molecule has 2 aliphatic rings. The summed E-state index contributed by atoms with van der Waals surface area (Å²) < 4.78 is 96.4. The minimum atomic E-state index is -5.08. The smallest absolute Gasteiger partial charge is 0.490 e. The van der Waals surface area contributed by atoms with E-state index in [0.717, 1.165) is 37.1 Å². The first-order chi connectivity index (χ1) is 20.7. The number of hydrogen-bond donors (Lipinski definition) is 3. The number of halogens is 7. The Bertz CT molecular complexity index is 1380. The number of ether oxygens (including phenoxy) is 2. The molecule has 1 aliphatic carbocycles. The fraction of sp³-hybridized carbons (Fsp3) is 0.533. The highest BCUT2D eigenvalue weighted by molar-refractivity contribution is 5.89. The fourth-order valence-electron chi connectivity index (χ4n) is 6.16. The van der Waals surface area contributed by atoms with Gasteiger partial charge >= 0.3 is 24.4 Å². The zero-order valence-corrected chi connectivity index (χ0v) is 25.3. The molecule has 1 saturated carbocycles. The van der Waals surface area contributed by atoms with E-state index in [4.69, 9.17) is 19.4 Å². The van der Waals surface area contributed by atoms with Crippen LogP contribution >= 0.6 is 0 Å². The third-order valence-corrected chi connectivity index (χ3v) is 8.21. The molecule has 1 saturated heterocycles. The highest BCUT2D eigenvalue weighted by Crippen LogP contribution is 2.52. The fourth-order valence-corrected chi connectivity index (χ4v) is 6.16. The van der Waals surface area contributed by atoms with E-state index in [-0.39, 0.29) is 23.0 Å². The van der Waals surface area contributed by atoms with Gasteiger partial charge in [-0.2, -0.15) is 26.3 Å². The van der Waals surface area contributed by atoms with E-state index in [1.165, 1.54) is 0 Å². The summed E-state index contributed by atoms with van der Waals surface area (Å²) >= 11 is 0. The first-order valence-electron chi connectivity index (χ1n) is 14.0. The Morgan fingerprint density at radius 1 is 0.978 bits per heavy atom. The van der Waals surface area contributed by atoms with Crippen molar-refractivity contribution in [3.05, 3.63) is 53.3 Å². The number of nitrogens with zero attached hydrogens (tertiary/aromatic N) is 1. The van der Waals surface area contributed by atoms with Gasteiger partial charge in [-0.15, -0.1) is 0 Å². The predicted molar refractivity (Wildman–Crippen MR) is 151 cm³/mol. The molecule has 0 aromatic heterocycles. The molecule has 1 heterocycles. The van der Waals surface area contributed by atoms with Crippen LogP contribution in [0.1, 0.15) is 57.6 Å². The van der Waals surface area contributed by atoms with Crippen LogP contribution in [0.3, 0.4) is 0 Å². The van der Waals surface area contributed by atoms with E-state index < -0.39 is 41.4 Å². The van der Waals surface area contributed by atoms with Crippen LogP contribution in [0, 0.1) is 5.82 Å². The minimum Gasteiger partial charge on any atom is -0.493 e. The SMILES string of the molecule is COc1ccc(C23CCC(NC(=O)Nc4cccc(C(F)(F)F)c4F)CC2N(C(C)(C)C)CC3)cc1OC.O=C(O)C(F)(F)F. The first-order valence-corrected chi connectivity index (χ1v) is 14.0. The van der Waals surface area contributed by atoms with Crippen molar-refractivity contribution in [2.45, 2.75) is 81.8 Å². The molecule has 2 fully saturated rings. The summed E-state index contributed by atoms with van der Waals surface area (Å²) in [7, 11) is 3.21. The van der Waals surface area contributed by atoms with Crippen molar-refractivity contribution in [2.24, 2.45) is 0 Å². The van der Waals surface area contributed by atoms with Gasteiger partial charge in [0.1, 0.15) is 0 Å². The van der Waals surface area contributed by atoms with Crippen LogP contribution in [0.4, 0.5) is 41.2 Å². The van der Waals surface area contributed by atoms with Gasteiger partial charge in [0, 0.05) is 23.0 Å². The van der Waals surface area contributed by atoms with Crippen molar-refractivity contribution in [2.75, 3.05) is 26.1 Å². The van der Waals surface area contributed by atoms with Gasteiger partial charge in [0.25, 0.3) is 0 Å². The molecule has 2 amide bonds. The summed E-state index contributed by atoms with van der Waals surface area (Å²) in [6, 6.07) is 8.01. The number of nitrogens with one attached hydrogen (secondary N) is 2. The number of carbonyl (C=O) groups excluding carboxylic acids is 1. The van der Waals surface area contributed by atoms with E-state index >= 15 is 0 Å². The second-order valence-corrected chi connectivity index (χ2v) is 11.9. The van der Waals surface area contributed by atoms with Gasteiger partial charge in [0.2, 0.25) is 0 Å². The van der Waals surface area contributed by atoms with Gasteiger partial charge in [-0.05, 0) is 82.8 Å². The molecular formula is C30H36F7N3O5. The van der Waals surface area contributed by atoms with Crippen molar-refractivity contribution in [3.8, 4) is 11.5 Å². The van der Waals surface area contributed by atoms with E-state index in [0.29, 0.717) is 30.4 Å². The topological polar surface area (TPSA) is 100 Å². The number of alkyl halides is 6. The normalized spacial score (nSPS) is 22.0. The van der Waals surface area contributed by atoms with E-state index in [1.54, 1.807) is 14.2 Å². The van der Waals surface area contributed by atoms with E-state index in [1.807, 2.05) is 12.1 Å². The minimum absolute atomic E-state index is 0.102. The zero-order valence-electron chi connectivity index (χ0n) is 25.3. The maximum atomic E-state index is 14.4. The Balaban J connectivity index is 0.000000707. The lowest BCUT2D eigenvalue weighted by Crippen LogP contribution is -2.56. The summed E-state index contributed by atoms with van der Waals surface area (Å²) in [5, 5.41) is 12.3. The molecule has 0 spiro atoms.